The number of ether oxygens (including phenoxy) is 2. The lowest BCUT2D eigenvalue weighted by atomic mass is 9.73. The summed E-state index contributed by atoms with van der Waals surface area (Å²) >= 11 is 1.41. The Morgan fingerprint density at radius 3 is 2.68 bits per heavy atom. The van der Waals surface area contributed by atoms with Crippen LogP contribution in [0.3, 0.4) is 0 Å². The third kappa shape index (κ3) is 3.63. The molecule has 3 aromatic rings. The number of rotatable bonds is 5. The molecular formula is C21H21N3O3S. The van der Waals surface area contributed by atoms with Gasteiger partial charge in [0, 0.05) is 36.6 Å². The Morgan fingerprint density at radius 1 is 1.21 bits per heavy atom. The fourth-order valence-corrected chi connectivity index (χ4v) is 4.19. The van der Waals surface area contributed by atoms with E-state index in [2.05, 4.69) is 15.3 Å². The highest BCUT2D eigenvalue weighted by molar-refractivity contribution is 7.14. The molecule has 0 spiro atoms. The van der Waals surface area contributed by atoms with Gasteiger partial charge in [0.05, 0.1) is 18.2 Å². The van der Waals surface area contributed by atoms with Gasteiger partial charge in [0.15, 0.2) is 5.13 Å². The van der Waals surface area contributed by atoms with E-state index in [4.69, 9.17) is 9.47 Å². The van der Waals surface area contributed by atoms with Crippen LogP contribution in [0.2, 0.25) is 0 Å². The van der Waals surface area contributed by atoms with Gasteiger partial charge in [-0.25, -0.2) is 4.98 Å². The van der Waals surface area contributed by atoms with E-state index in [1.165, 1.54) is 11.3 Å². The molecule has 0 atom stereocenters. The number of hydrogen-bond donors (Lipinski definition) is 1. The van der Waals surface area contributed by atoms with Crippen molar-refractivity contribution in [3.05, 3.63) is 59.7 Å². The average Bonchev–Trinajstić information content (AvgIpc) is 3.23. The number of thiazole rings is 1. The van der Waals surface area contributed by atoms with Crippen molar-refractivity contribution in [2.24, 2.45) is 0 Å². The Hall–Kier alpha value is -2.77. The molecule has 0 saturated carbocycles. The molecule has 4 rings (SSSR count). The lowest BCUT2D eigenvalue weighted by Gasteiger charge is -2.36. The number of methoxy groups -OCH3 is 1. The van der Waals surface area contributed by atoms with Gasteiger partial charge in [0.1, 0.15) is 5.75 Å². The normalized spacial score (nSPS) is 15.8. The van der Waals surface area contributed by atoms with Gasteiger partial charge in [-0.2, -0.15) is 0 Å². The summed E-state index contributed by atoms with van der Waals surface area (Å²) in [5.41, 5.74) is 2.07. The molecule has 3 heterocycles. The molecule has 0 radical (unpaired) electrons. The molecular weight excluding hydrogens is 374 g/mol. The molecule has 28 heavy (non-hydrogen) atoms. The van der Waals surface area contributed by atoms with Crippen LogP contribution in [0, 0.1) is 0 Å². The van der Waals surface area contributed by atoms with Crippen molar-refractivity contribution in [2.75, 3.05) is 25.6 Å². The van der Waals surface area contributed by atoms with Crippen LogP contribution in [0.4, 0.5) is 5.13 Å². The lowest BCUT2D eigenvalue weighted by Crippen LogP contribution is -2.44. The summed E-state index contributed by atoms with van der Waals surface area (Å²) in [6, 6.07) is 11.5. The van der Waals surface area contributed by atoms with Crippen molar-refractivity contribution in [1.29, 1.82) is 0 Å². The first-order valence-corrected chi connectivity index (χ1v) is 9.99. The average molecular weight is 395 g/mol. The number of carbonyl (C=O) groups is 1. The third-order valence-corrected chi connectivity index (χ3v) is 5.86. The first-order valence-electron chi connectivity index (χ1n) is 9.11. The third-order valence-electron chi connectivity index (χ3n) is 5.11. The van der Waals surface area contributed by atoms with Gasteiger partial charge in [0.25, 0.3) is 0 Å². The van der Waals surface area contributed by atoms with Crippen LogP contribution in [-0.4, -0.2) is 36.2 Å². The van der Waals surface area contributed by atoms with E-state index in [0.717, 1.165) is 22.6 Å². The summed E-state index contributed by atoms with van der Waals surface area (Å²) in [5, 5.41) is 5.54. The molecule has 1 amide bonds. The minimum atomic E-state index is -0.634. The van der Waals surface area contributed by atoms with Crippen LogP contribution >= 0.6 is 11.3 Å². The smallest absolute Gasteiger partial charge is 0.236 e. The molecule has 6 nitrogen and oxygen atoms in total. The lowest BCUT2D eigenvalue weighted by molar-refractivity contribution is -0.125. The highest BCUT2D eigenvalue weighted by Gasteiger charge is 2.42. The summed E-state index contributed by atoms with van der Waals surface area (Å²) in [7, 11) is 1.63. The second kappa shape index (κ2) is 8.08. The Morgan fingerprint density at radius 2 is 2.00 bits per heavy atom. The van der Waals surface area contributed by atoms with Gasteiger partial charge in [-0.05, 0) is 42.7 Å². The van der Waals surface area contributed by atoms with Gasteiger partial charge in [-0.3, -0.25) is 9.78 Å². The number of aromatic nitrogens is 2. The van der Waals surface area contributed by atoms with Crippen molar-refractivity contribution in [3.63, 3.8) is 0 Å². The minimum absolute atomic E-state index is 0.0481. The van der Waals surface area contributed by atoms with Crippen molar-refractivity contribution in [3.8, 4) is 17.0 Å². The molecule has 0 bridgehead atoms. The Labute approximate surface area is 167 Å². The zero-order valence-corrected chi connectivity index (χ0v) is 16.4. The van der Waals surface area contributed by atoms with Crippen molar-refractivity contribution < 1.29 is 14.3 Å². The van der Waals surface area contributed by atoms with E-state index in [1.807, 2.05) is 41.8 Å². The van der Waals surface area contributed by atoms with Gasteiger partial charge >= 0.3 is 0 Å². The molecule has 1 saturated heterocycles. The minimum Gasteiger partial charge on any atom is -0.497 e. The monoisotopic (exact) mass is 395 g/mol. The zero-order chi connectivity index (χ0) is 19.4. The summed E-state index contributed by atoms with van der Waals surface area (Å²) in [4.78, 5) is 22.0. The van der Waals surface area contributed by atoms with Crippen LogP contribution in [-0.2, 0) is 14.9 Å². The second-order valence-corrected chi connectivity index (χ2v) is 7.51. The quantitative estimate of drug-likeness (QED) is 0.709. The van der Waals surface area contributed by atoms with Crippen LogP contribution < -0.4 is 10.1 Å². The molecule has 1 fully saturated rings. The van der Waals surface area contributed by atoms with E-state index in [9.17, 15) is 4.79 Å². The highest BCUT2D eigenvalue weighted by atomic mass is 32.1. The topological polar surface area (TPSA) is 73.3 Å². The number of amides is 1. The van der Waals surface area contributed by atoms with E-state index in [1.54, 1.807) is 19.5 Å². The Bertz CT molecular complexity index is 935. The Balaban J connectivity index is 1.59. The second-order valence-electron chi connectivity index (χ2n) is 6.66. The number of nitrogens with zero attached hydrogens (tertiary/aromatic N) is 2. The van der Waals surface area contributed by atoms with Crippen LogP contribution in [0.15, 0.2) is 54.2 Å². The molecule has 1 aromatic carbocycles. The van der Waals surface area contributed by atoms with Crippen LogP contribution in [0.25, 0.3) is 11.3 Å². The number of pyridine rings is 1. The fourth-order valence-electron chi connectivity index (χ4n) is 3.47. The number of nitrogens with one attached hydrogen (secondary N) is 1. The molecule has 0 aliphatic carbocycles. The molecule has 1 aliphatic rings. The van der Waals surface area contributed by atoms with Crippen LogP contribution in [0.5, 0.6) is 5.75 Å². The fraction of sp³-hybridized carbons (Fsp3) is 0.286. The maximum atomic E-state index is 13.3. The Kier molecular flexibility index (Phi) is 5.36. The summed E-state index contributed by atoms with van der Waals surface area (Å²) < 4.78 is 10.8. The summed E-state index contributed by atoms with van der Waals surface area (Å²) in [6.07, 6.45) is 4.75. The largest absolute Gasteiger partial charge is 0.497 e. The summed E-state index contributed by atoms with van der Waals surface area (Å²) in [5.74, 6) is 0.723. The first-order chi connectivity index (χ1) is 13.7. The number of anilines is 1. The van der Waals surface area contributed by atoms with E-state index in [-0.39, 0.29) is 5.91 Å². The SMILES string of the molecule is COc1ccc(C2(C(=O)Nc3nc(-c4cccnc4)cs3)CCOCC2)cc1. The van der Waals surface area contributed by atoms with Crippen LogP contribution in [0.1, 0.15) is 18.4 Å². The molecule has 0 unspecified atom stereocenters. The summed E-state index contributed by atoms with van der Waals surface area (Å²) in [6.45, 7) is 1.11. The van der Waals surface area contributed by atoms with Crippen molar-refractivity contribution >= 4 is 22.4 Å². The zero-order valence-electron chi connectivity index (χ0n) is 15.6. The van der Waals surface area contributed by atoms with E-state index < -0.39 is 5.41 Å². The van der Waals surface area contributed by atoms with E-state index in [0.29, 0.717) is 31.2 Å². The van der Waals surface area contributed by atoms with Gasteiger partial charge in [-0.15, -0.1) is 11.3 Å². The standard InChI is InChI=1S/C21H21N3O3S/c1-26-17-6-4-16(5-7-17)21(8-11-27-12-9-21)19(25)24-20-23-18(14-28-20)15-3-2-10-22-13-15/h2-7,10,13-14H,8-9,11-12H2,1H3,(H,23,24,25). The van der Waals surface area contributed by atoms with Gasteiger partial charge in [-0.1, -0.05) is 12.1 Å². The van der Waals surface area contributed by atoms with Gasteiger partial charge < -0.3 is 14.8 Å². The molecule has 144 valence electrons. The number of hydrogen-bond acceptors (Lipinski definition) is 6. The first kappa shape index (κ1) is 18.6. The van der Waals surface area contributed by atoms with Crippen molar-refractivity contribution in [1.82, 2.24) is 9.97 Å². The van der Waals surface area contributed by atoms with E-state index >= 15 is 0 Å². The predicted octanol–water partition coefficient (Wildman–Crippen LogP) is 3.90. The molecule has 7 heteroatoms. The van der Waals surface area contributed by atoms with Gasteiger partial charge in [0.2, 0.25) is 5.91 Å². The predicted molar refractivity (Wildman–Crippen MR) is 109 cm³/mol. The van der Waals surface area contributed by atoms with Crippen molar-refractivity contribution in [2.45, 2.75) is 18.3 Å². The maximum absolute atomic E-state index is 13.3. The molecule has 1 aliphatic heterocycles. The number of carbonyl (C=O) groups excluding carboxylic acids is 1. The molecule has 2 aromatic heterocycles. The maximum Gasteiger partial charge on any atom is 0.236 e. The highest BCUT2D eigenvalue weighted by Crippen LogP contribution is 2.37. The number of benzene rings is 1. The molecule has 1 N–H and O–H groups in total.